The number of ether oxygens (including phenoxy) is 1. The number of nitrogens with one attached hydrogen (secondary N) is 1. The molecule has 2 atom stereocenters. The Hall–Kier alpha value is -3.50. The monoisotopic (exact) mass is 512 g/mol. The van der Waals surface area contributed by atoms with Crippen molar-refractivity contribution in [2.75, 3.05) is 13.2 Å². The van der Waals surface area contributed by atoms with Gasteiger partial charge >= 0.3 is 6.01 Å². The number of H-pyrrole nitrogens is 1. The topological polar surface area (TPSA) is 112 Å². The first kappa shape index (κ1) is 26.1. The van der Waals surface area contributed by atoms with E-state index in [9.17, 15) is 4.79 Å². The molecule has 0 aliphatic heterocycles. The third kappa shape index (κ3) is 5.66. The van der Waals surface area contributed by atoms with Crippen LogP contribution in [0.4, 0.5) is 0 Å². The second-order valence-electron chi connectivity index (χ2n) is 10.8. The van der Waals surface area contributed by atoms with Gasteiger partial charge in [0, 0.05) is 17.0 Å². The number of carbonyl (C=O) groups excluding carboxylic acids is 1. The van der Waals surface area contributed by atoms with Crippen molar-refractivity contribution in [3.05, 3.63) is 64.2 Å². The number of ketones is 1. The number of aromatic nitrogens is 3. The Labute approximate surface area is 224 Å². The number of benzene rings is 2. The van der Waals surface area contributed by atoms with Gasteiger partial charge in [-0.2, -0.15) is 10.2 Å². The first-order valence-electron chi connectivity index (χ1n) is 13.9. The SMILES string of the molecule is Cc1cc(C2CCC2)c(-c2nc(OCCO)n[nH]2)cc1C(=O)C1CCCCC(c2ccc(C#N)cc2)CC1. The maximum absolute atomic E-state index is 14.0. The molecule has 0 bridgehead atoms. The molecule has 0 spiro atoms. The minimum Gasteiger partial charge on any atom is -0.460 e. The van der Waals surface area contributed by atoms with Crippen molar-refractivity contribution in [2.45, 2.75) is 76.5 Å². The van der Waals surface area contributed by atoms with Crippen LogP contribution in [0, 0.1) is 24.2 Å². The van der Waals surface area contributed by atoms with E-state index in [0.717, 1.165) is 68.1 Å². The van der Waals surface area contributed by atoms with Crippen LogP contribution in [0.15, 0.2) is 36.4 Å². The lowest BCUT2D eigenvalue weighted by molar-refractivity contribution is 0.0895. The summed E-state index contributed by atoms with van der Waals surface area (Å²) < 4.78 is 5.39. The predicted octanol–water partition coefficient (Wildman–Crippen LogP) is 6.23. The minimum atomic E-state index is -0.103. The van der Waals surface area contributed by atoms with Gasteiger partial charge in [0.2, 0.25) is 0 Å². The Morgan fingerprint density at radius 3 is 2.53 bits per heavy atom. The number of aliphatic hydroxyl groups is 1. The van der Waals surface area contributed by atoms with E-state index in [1.807, 2.05) is 18.2 Å². The highest BCUT2D eigenvalue weighted by Gasteiger charge is 2.29. The zero-order valence-electron chi connectivity index (χ0n) is 22.1. The molecule has 198 valence electrons. The van der Waals surface area contributed by atoms with Crippen LogP contribution in [0.5, 0.6) is 6.01 Å². The number of Topliss-reactive ketones (excluding diaryl/α,β-unsaturated/α-hetero) is 1. The summed E-state index contributed by atoms with van der Waals surface area (Å²) >= 11 is 0. The van der Waals surface area contributed by atoms with E-state index >= 15 is 0 Å². The van der Waals surface area contributed by atoms with Crippen molar-refractivity contribution in [3.8, 4) is 23.5 Å². The van der Waals surface area contributed by atoms with Gasteiger partial charge in [-0.15, -0.1) is 5.10 Å². The predicted molar refractivity (Wildman–Crippen MR) is 145 cm³/mol. The Morgan fingerprint density at radius 2 is 1.82 bits per heavy atom. The third-order valence-electron chi connectivity index (χ3n) is 8.35. The van der Waals surface area contributed by atoms with Crippen molar-refractivity contribution in [1.82, 2.24) is 15.2 Å². The van der Waals surface area contributed by atoms with E-state index in [2.05, 4.69) is 46.4 Å². The van der Waals surface area contributed by atoms with E-state index in [4.69, 9.17) is 15.1 Å². The van der Waals surface area contributed by atoms with Gasteiger partial charge in [0.15, 0.2) is 11.6 Å². The van der Waals surface area contributed by atoms with Crippen molar-refractivity contribution in [2.24, 2.45) is 5.92 Å². The molecule has 7 heteroatoms. The molecule has 2 aromatic carbocycles. The fourth-order valence-corrected chi connectivity index (χ4v) is 5.94. The third-order valence-corrected chi connectivity index (χ3v) is 8.35. The second-order valence-corrected chi connectivity index (χ2v) is 10.8. The Balaban J connectivity index is 1.39. The molecule has 1 heterocycles. The number of aromatic amines is 1. The molecule has 2 saturated carbocycles. The fourth-order valence-electron chi connectivity index (χ4n) is 5.94. The van der Waals surface area contributed by atoms with Gasteiger partial charge in [0.1, 0.15) is 6.61 Å². The number of aliphatic hydroxyl groups excluding tert-OH is 1. The summed E-state index contributed by atoms with van der Waals surface area (Å²) in [5, 5.41) is 25.3. The molecule has 2 fully saturated rings. The van der Waals surface area contributed by atoms with E-state index < -0.39 is 0 Å². The molecule has 2 unspecified atom stereocenters. The molecule has 0 saturated heterocycles. The quantitative estimate of drug-likeness (QED) is 0.346. The summed E-state index contributed by atoms with van der Waals surface area (Å²) in [6.07, 6.45) is 9.52. The number of carbonyl (C=O) groups is 1. The van der Waals surface area contributed by atoms with Gasteiger partial charge in [-0.25, -0.2) is 0 Å². The molecule has 5 rings (SSSR count). The lowest BCUT2D eigenvalue weighted by Crippen LogP contribution is -2.20. The molecule has 1 aromatic heterocycles. The van der Waals surface area contributed by atoms with Gasteiger partial charge in [-0.3, -0.25) is 9.89 Å². The van der Waals surface area contributed by atoms with Crippen LogP contribution in [0.3, 0.4) is 0 Å². The highest BCUT2D eigenvalue weighted by atomic mass is 16.5. The molecule has 38 heavy (non-hydrogen) atoms. The van der Waals surface area contributed by atoms with Crippen LogP contribution in [0.25, 0.3) is 11.4 Å². The number of rotatable bonds is 8. The first-order valence-corrected chi connectivity index (χ1v) is 13.9. The fraction of sp³-hybridized carbons (Fsp3) is 0.484. The highest BCUT2D eigenvalue weighted by molar-refractivity contribution is 6.00. The Morgan fingerprint density at radius 1 is 1.05 bits per heavy atom. The second kappa shape index (κ2) is 11.9. The van der Waals surface area contributed by atoms with Gasteiger partial charge in [0.25, 0.3) is 0 Å². The summed E-state index contributed by atoms with van der Waals surface area (Å²) in [5.74, 6) is 1.71. The number of hydrogen-bond acceptors (Lipinski definition) is 6. The Kier molecular flexibility index (Phi) is 8.19. The zero-order chi connectivity index (χ0) is 26.5. The largest absolute Gasteiger partial charge is 0.460 e. The number of nitriles is 1. The molecular weight excluding hydrogens is 476 g/mol. The lowest BCUT2D eigenvalue weighted by Gasteiger charge is -2.29. The van der Waals surface area contributed by atoms with Gasteiger partial charge in [-0.05, 0) is 92.2 Å². The standard InChI is InChI=1S/C31H36N4O3/c1-20-17-27(24-7-4-8-24)28(30-33-31(35-34-30)38-16-15-36)18-26(20)29(37)25-6-3-2-5-22(13-14-25)23-11-9-21(19-32)10-12-23/h9-12,17-18,22,24-25,36H,2-8,13-16H2,1H3,(H,33,34,35). The number of aryl methyl sites for hydroxylation is 1. The molecular formula is C31H36N4O3. The molecule has 2 aliphatic rings. The van der Waals surface area contributed by atoms with Crippen LogP contribution < -0.4 is 4.74 Å². The molecule has 2 aliphatic carbocycles. The Bertz CT molecular complexity index is 1300. The van der Waals surface area contributed by atoms with Crippen LogP contribution in [-0.2, 0) is 0 Å². The number of hydrogen-bond donors (Lipinski definition) is 2. The van der Waals surface area contributed by atoms with Gasteiger partial charge in [0.05, 0.1) is 18.2 Å². The van der Waals surface area contributed by atoms with E-state index in [0.29, 0.717) is 23.2 Å². The minimum absolute atomic E-state index is 0.00420. The maximum atomic E-state index is 14.0. The van der Waals surface area contributed by atoms with E-state index in [1.54, 1.807) is 0 Å². The van der Waals surface area contributed by atoms with E-state index in [1.165, 1.54) is 17.5 Å². The van der Waals surface area contributed by atoms with Crippen molar-refractivity contribution < 1.29 is 14.6 Å². The lowest BCUT2D eigenvalue weighted by atomic mass is 9.75. The highest BCUT2D eigenvalue weighted by Crippen LogP contribution is 2.42. The number of nitrogens with zero attached hydrogens (tertiary/aromatic N) is 3. The van der Waals surface area contributed by atoms with Crippen LogP contribution in [-0.4, -0.2) is 39.3 Å². The molecule has 3 aromatic rings. The van der Waals surface area contributed by atoms with Crippen LogP contribution in [0.1, 0.15) is 102 Å². The zero-order valence-corrected chi connectivity index (χ0v) is 22.1. The van der Waals surface area contributed by atoms with Crippen LogP contribution >= 0.6 is 0 Å². The average molecular weight is 513 g/mol. The molecule has 7 nitrogen and oxygen atoms in total. The first-order chi connectivity index (χ1) is 18.6. The van der Waals surface area contributed by atoms with Crippen molar-refractivity contribution in [1.29, 1.82) is 5.26 Å². The molecule has 0 radical (unpaired) electrons. The molecule has 2 N–H and O–H groups in total. The summed E-state index contributed by atoms with van der Waals surface area (Å²) in [6.45, 7) is 2.08. The maximum Gasteiger partial charge on any atom is 0.335 e. The smallest absolute Gasteiger partial charge is 0.335 e. The van der Waals surface area contributed by atoms with Gasteiger partial charge < -0.3 is 9.84 Å². The van der Waals surface area contributed by atoms with Crippen molar-refractivity contribution in [3.63, 3.8) is 0 Å². The normalized spacial score (nSPS) is 20.1. The summed E-state index contributed by atoms with van der Waals surface area (Å²) in [6, 6.07) is 14.6. The van der Waals surface area contributed by atoms with Crippen molar-refractivity contribution >= 4 is 5.78 Å². The molecule has 0 amide bonds. The summed E-state index contributed by atoms with van der Waals surface area (Å²) in [4.78, 5) is 18.5. The van der Waals surface area contributed by atoms with Gasteiger partial charge in [-0.1, -0.05) is 37.5 Å². The summed E-state index contributed by atoms with van der Waals surface area (Å²) in [7, 11) is 0. The van der Waals surface area contributed by atoms with Crippen LogP contribution in [0.2, 0.25) is 0 Å². The van der Waals surface area contributed by atoms with E-state index in [-0.39, 0.29) is 30.9 Å². The average Bonchev–Trinajstić information content (AvgIpc) is 3.35. The summed E-state index contributed by atoms with van der Waals surface area (Å²) in [5.41, 5.74) is 5.90.